The summed E-state index contributed by atoms with van der Waals surface area (Å²) in [7, 11) is 0. The fourth-order valence-electron chi connectivity index (χ4n) is 3.89. The van der Waals surface area contributed by atoms with Crippen LogP contribution in [0.25, 0.3) is 0 Å². The van der Waals surface area contributed by atoms with Gasteiger partial charge in [-0.1, -0.05) is 6.92 Å². The highest BCUT2D eigenvalue weighted by Crippen LogP contribution is 2.33. The number of nitrogens with zero attached hydrogens (tertiary/aromatic N) is 1. The van der Waals surface area contributed by atoms with Gasteiger partial charge in [-0.25, -0.2) is 0 Å². The Balaban J connectivity index is 1.44. The number of hydrogen-bond acceptors (Lipinski definition) is 4. The van der Waals surface area contributed by atoms with Crippen molar-refractivity contribution in [3.05, 3.63) is 23.8 Å². The molecule has 23 heavy (non-hydrogen) atoms. The Hall–Kier alpha value is -1.75. The fourth-order valence-corrected chi connectivity index (χ4v) is 3.89. The van der Waals surface area contributed by atoms with Gasteiger partial charge < -0.3 is 19.7 Å². The minimum Gasteiger partial charge on any atom is -0.486 e. The largest absolute Gasteiger partial charge is 0.486 e. The molecule has 5 heteroatoms. The number of nitrogens with one attached hydrogen (secondary N) is 1. The molecular weight excluding hydrogens is 292 g/mol. The SMILES string of the molecule is CC[C@@H]1COc2ccc(C(=O)N[C@@H]3C[C@H]4CCN(C4)C3)cc2O1. The first-order chi connectivity index (χ1) is 11.2. The summed E-state index contributed by atoms with van der Waals surface area (Å²) in [6, 6.07) is 5.73. The van der Waals surface area contributed by atoms with E-state index < -0.39 is 0 Å². The lowest BCUT2D eigenvalue weighted by Gasteiger charge is -2.30. The third kappa shape index (κ3) is 3.02. The molecule has 1 aromatic rings. The number of hydrogen-bond donors (Lipinski definition) is 1. The summed E-state index contributed by atoms with van der Waals surface area (Å²) in [5.74, 6) is 2.15. The second kappa shape index (κ2) is 6.04. The van der Waals surface area contributed by atoms with E-state index >= 15 is 0 Å². The minimum atomic E-state index is -0.0116. The monoisotopic (exact) mass is 316 g/mol. The lowest BCUT2D eigenvalue weighted by atomic mass is 9.96. The highest BCUT2D eigenvalue weighted by molar-refractivity contribution is 5.95. The lowest BCUT2D eigenvalue weighted by Crippen LogP contribution is -2.47. The number of rotatable bonds is 3. The minimum absolute atomic E-state index is 0.0116. The van der Waals surface area contributed by atoms with E-state index in [-0.39, 0.29) is 18.1 Å². The van der Waals surface area contributed by atoms with Crippen LogP contribution in [0, 0.1) is 5.92 Å². The van der Waals surface area contributed by atoms with Crippen LogP contribution >= 0.6 is 0 Å². The van der Waals surface area contributed by atoms with E-state index in [0.29, 0.717) is 17.9 Å². The summed E-state index contributed by atoms with van der Waals surface area (Å²) in [6.45, 7) is 6.01. The number of carbonyl (C=O) groups is 1. The van der Waals surface area contributed by atoms with Crippen LogP contribution in [0.1, 0.15) is 36.5 Å². The predicted octanol–water partition coefficient (Wildman–Crippen LogP) is 2.06. The lowest BCUT2D eigenvalue weighted by molar-refractivity contribution is 0.0863. The molecule has 2 fully saturated rings. The van der Waals surface area contributed by atoms with Crippen molar-refractivity contribution < 1.29 is 14.3 Å². The van der Waals surface area contributed by atoms with Gasteiger partial charge in [-0.15, -0.1) is 0 Å². The van der Waals surface area contributed by atoms with Crippen LogP contribution in [0.2, 0.25) is 0 Å². The molecule has 1 aromatic carbocycles. The highest BCUT2D eigenvalue weighted by atomic mass is 16.6. The summed E-state index contributed by atoms with van der Waals surface area (Å²) >= 11 is 0. The van der Waals surface area contributed by atoms with Crippen molar-refractivity contribution in [1.29, 1.82) is 0 Å². The molecule has 1 unspecified atom stereocenters. The Bertz CT molecular complexity index is 592. The van der Waals surface area contributed by atoms with E-state index in [0.717, 1.165) is 31.1 Å². The van der Waals surface area contributed by atoms with Gasteiger partial charge in [-0.2, -0.15) is 0 Å². The summed E-state index contributed by atoms with van der Waals surface area (Å²) in [5.41, 5.74) is 0.650. The number of ether oxygens (including phenoxy) is 2. The van der Waals surface area contributed by atoms with E-state index in [2.05, 4.69) is 17.1 Å². The molecule has 0 radical (unpaired) electrons. The van der Waals surface area contributed by atoms with Gasteiger partial charge in [0.2, 0.25) is 0 Å². The second-order valence-electron chi connectivity index (χ2n) is 6.94. The predicted molar refractivity (Wildman–Crippen MR) is 87.1 cm³/mol. The van der Waals surface area contributed by atoms with Crippen LogP contribution in [-0.4, -0.2) is 49.2 Å². The van der Waals surface area contributed by atoms with Crippen molar-refractivity contribution in [2.45, 2.75) is 38.3 Å². The molecule has 3 heterocycles. The summed E-state index contributed by atoms with van der Waals surface area (Å²) in [6.07, 6.45) is 3.34. The van der Waals surface area contributed by atoms with Gasteiger partial charge in [0.05, 0.1) is 0 Å². The normalized spacial score (nSPS) is 31.7. The molecule has 4 atom stereocenters. The average molecular weight is 316 g/mol. The molecule has 2 bridgehead atoms. The zero-order valence-corrected chi connectivity index (χ0v) is 13.6. The van der Waals surface area contributed by atoms with Crippen molar-refractivity contribution >= 4 is 5.91 Å². The number of benzene rings is 1. The number of fused-ring (bicyclic) bond motifs is 3. The van der Waals surface area contributed by atoms with Crippen molar-refractivity contribution in [3.8, 4) is 11.5 Å². The van der Waals surface area contributed by atoms with Crippen LogP contribution in [0.5, 0.6) is 11.5 Å². The number of amides is 1. The van der Waals surface area contributed by atoms with Gasteiger partial charge in [0.25, 0.3) is 5.91 Å². The molecule has 3 aliphatic rings. The van der Waals surface area contributed by atoms with Crippen LogP contribution in [-0.2, 0) is 0 Å². The third-order valence-corrected chi connectivity index (χ3v) is 5.18. The average Bonchev–Trinajstić information content (AvgIpc) is 2.92. The van der Waals surface area contributed by atoms with Gasteiger partial charge in [0, 0.05) is 24.7 Å². The second-order valence-corrected chi connectivity index (χ2v) is 6.94. The van der Waals surface area contributed by atoms with E-state index in [1.807, 2.05) is 18.2 Å². The fraction of sp³-hybridized carbons (Fsp3) is 0.611. The molecule has 0 saturated carbocycles. The van der Waals surface area contributed by atoms with E-state index in [9.17, 15) is 4.79 Å². The van der Waals surface area contributed by atoms with Crippen molar-refractivity contribution in [2.24, 2.45) is 5.92 Å². The van der Waals surface area contributed by atoms with Crippen LogP contribution in [0.15, 0.2) is 18.2 Å². The third-order valence-electron chi connectivity index (χ3n) is 5.18. The molecule has 2 saturated heterocycles. The maximum Gasteiger partial charge on any atom is 0.251 e. The molecule has 0 spiro atoms. The van der Waals surface area contributed by atoms with Crippen molar-refractivity contribution in [1.82, 2.24) is 10.2 Å². The maximum atomic E-state index is 12.6. The standard InChI is InChI=1S/C18H24N2O3/c1-2-15-11-22-16-4-3-13(8-17(16)23-15)18(21)19-14-7-12-5-6-20(9-12)10-14/h3-4,8,12,14-15H,2,5-7,9-11H2,1H3,(H,19,21)/t12-,14-,15-/m1/s1. The summed E-state index contributed by atoms with van der Waals surface area (Å²) in [4.78, 5) is 15.0. The zero-order chi connectivity index (χ0) is 15.8. The number of piperidine rings is 1. The van der Waals surface area contributed by atoms with Gasteiger partial charge in [-0.3, -0.25) is 4.79 Å². The first-order valence-corrected chi connectivity index (χ1v) is 8.68. The van der Waals surface area contributed by atoms with Crippen LogP contribution in [0.4, 0.5) is 0 Å². The molecule has 0 aromatic heterocycles. The molecular formula is C18H24N2O3. The van der Waals surface area contributed by atoms with Gasteiger partial charge in [0.15, 0.2) is 11.5 Å². The van der Waals surface area contributed by atoms with Crippen LogP contribution in [0.3, 0.4) is 0 Å². The van der Waals surface area contributed by atoms with Crippen LogP contribution < -0.4 is 14.8 Å². The Kier molecular flexibility index (Phi) is 3.89. The molecule has 5 nitrogen and oxygen atoms in total. The quantitative estimate of drug-likeness (QED) is 0.927. The number of carbonyl (C=O) groups excluding carboxylic acids is 1. The Morgan fingerprint density at radius 2 is 2.26 bits per heavy atom. The van der Waals surface area contributed by atoms with Gasteiger partial charge >= 0.3 is 0 Å². The molecule has 1 N–H and O–H groups in total. The maximum absolute atomic E-state index is 12.6. The molecule has 1 amide bonds. The highest BCUT2D eigenvalue weighted by Gasteiger charge is 2.33. The van der Waals surface area contributed by atoms with Crippen molar-refractivity contribution in [2.75, 3.05) is 26.2 Å². The zero-order valence-electron chi connectivity index (χ0n) is 13.6. The van der Waals surface area contributed by atoms with E-state index in [1.54, 1.807) is 0 Å². The Morgan fingerprint density at radius 3 is 3.09 bits per heavy atom. The van der Waals surface area contributed by atoms with E-state index in [1.165, 1.54) is 19.5 Å². The smallest absolute Gasteiger partial charge is 0.251 e. The topological polar surface area (TPSA) is 50.8 Å². The first-order valence-electron chi connectivity index (χ1n) is 8.68. The Morgan fingerprint density at radius 1 is 1.35 bits per heavy atom. The molecule has 0 aliphatic carbocycles. The summed E-state index contributed by atoms with van der Waals surface area (Å²) < 4.78 is 11.6. The molecule has 3 aliphatic heterocycles. The first kappa shape index (κ1) is 14.8. The van der Waals surface area contributed by atoms with Gasteiger partial charge in [0.1, 0.15) is 12.7 Å². The molecule has 124 valence electrons. The Labute approximate surface area is 136 Å². The molecule has 4 rings (SSSR count). The van der Waals surface area contributed by atoms with E-state index in [4.69, 9.17) is 9.47 Å². The van der Waals surface area contributed by atoms with Crippen molar-refractivity contribution in [3.63, 3.8) is 0 Å². The van der Waals surface area contributed by atoms with Gasteiger partial charge in [-0.05, 0) is 49.9 Å². The summed E-state index contributed by atoms with van der Waals surface area (Å²) in [5, 5.41) is 3.19.